The van der Waals surface area contributed by atoms with Crippen LogP contribution in [0.2, 0.25) is 0 Å². The second-order valence-electron chi connectivity index (χ2n) is 8.06. The van der Waals surface area contributed by atoms with Crippen LogP contribution < -0.4 is 10.6 Å². The molecule has 2 saturated carbocycles. The molecular weight excluding hydrogens is 365 g/mol. The zero-order valence-electron chi connectivity index (χ0n) is 16.2. The molecule has 1 aromatic rings. The quantitative estimate of drug-likeness (QED) is 0.550. The number of sulfone groups is 1. The predicted molar refractivity (Wildman–Crippen MR) is 107 cm³/mol. The fourth-order valence-electron chi connectivity index (χ4n) is 4.69. The van der Waals surface area contributed by atoms with Crippen molar-refractivity contribution in [3.05, 3.63) is 35.1 Å². The van der Waals surface area contributed by atoms with Crippen LogP contribution in [0.4, 0.5) is 4.39 Å². The van der Waals surface area contributed by atoms with Crippen molar-refractivity contribution in [1.82, 2.24) is 10.6 Å². The second kappa shape index (κ2) is 8.59. The Morgan fingerprint density at radius 1 is 1.22 bits per heavy atom. The molecule has 2 aliphatic rings. The highest BCUT2D eigenvalue weighted by Crippen LogP contribution is 2.49. The van der Waals surface area contributed by atoms with Crippen molar-refractivity contribution < 1.29 is 12.8 Å². The topological polar surface area (TPSA) is 70.6 Å². The summed E-state index contributed by atoms with van der Waals surface area (Å²) in [5, 5.41) is 6.51. The van der Waals surface area contributed by atoms with Crippen molar-refractivity contribution in [2.75, 3.05) is 19.8 Å². The van der Waals surface area contributed by atoms with Gasteiger partial charge < -0.3 is 10.6 Å². The van der Waals surface area contributed by atoms with Gasteiger partial charge in [0.25, 0.3) is 0 Å². The average molecular weight is 396 g/mol. The Bertz CT molecular complexity index is 794. The van der Waals surface area contributed by atoms with Gasteiger partial charge in [0.05, 0.1) is 5.75 Å². The van der Waals surface area contributed by atoms with Crippen LogP contribution >= 0.6 is 0 Å². The lowest BCUT2D eigenvalue weighted by Gasteiger charge is -2.22. The Morgan fingerprint density at radius 3 is 2.67 bits per heavy atom. The van der Waals surface area contributed by atoms with E-state index in [1.54, 1.807) is 13.1 Å². The standard InChI is InChI=1S/C20H30FN3O2S/c1-22-20(23-8-7-16-10-14-3-4-15(16)9-14)24-12-18-11-19(21)6-5-17(18)13-27(2,25)26/h5-6,11,14-16H,3-4,7-10,12-13H2,1-2H3,(H2,22,23,24). The Kier molecular flexibility index (Phi) is 6.40. The molecule has 2 aliphatic carbocycles. The number of aliphatic imine (C=N–C) groups is 1. The Hall–Kier alpha value is -1.63. The fraction of sp³-hybridized carbons (Fsp3) is 0.650. The number of rotatable bonds is 7. The van der Waals surface area contributed by atoms with Crippen LogP contribution in [0, 0.1) is 23.6 Å². The molecule has 3 rings (SSSR count). The van der Waals surface area contributed by atoms with Crippen LogP contribution in [0.3, 0.4) is 0 Å². The van der Waals surface area contributed by atoms with Crippen molar-refractivity contribution in [3.63, 3.8) is 0 Å². The fourth-order valence-corrected chi connectivity index (χ4v) is 5.53. The minimum atomic E-state index is -3.18. The molecule has 0 saturated heterocycles. The third-order valence-corrected chi connectivity index (χ3v) is 6.78. The maximum absolute atomic E-state index is 13.6. The summed E-state index contributed by atoms with van der Waals surface area (Å²) in [5.74, 6) is 2.90. The van der Waals surface area contributed by atoms with Crippen LogP contribution in [0.15, 0.2) is 23.2 Å². The van der Waals surface area contributed by atoms with Gasteiger partial charge in [0.1, 0.15) is 5.82 Å². The molecule has 0 amide bonds. The minimum absolute atomic E-state index is 0.0967. The lowest BCUT2D eigenvalue weighted by atomic mass is 9.86. The van der Waals surface area contributed by atoms with E-state index in [2.05, 4.69) is 15.6 Å². The molecule has 150 valence electrons. The largest absolute Gasteiger partial charge is 0.356 e. The summed E-state index contributed by atoms with van der Waals surface area (Å²) < 4.78 is 36.8. The Labute approximate surface area is 161 Å². The highest BCUT2D eigenvalue weighted by molar-refractivity contribution is 7.89. The van der Waals surface area contributed by atoms with E-state index in [1.165, 1.54) is 44.1 Å². The molecule has 3 unspecified atom stereocenters. The monoisotopic (exact) mass is 395 g/mol. The lowest BCUT2D eigenvalue weighted by molar-refractivity contribution is 0.315. The average Bonchev–Trinajstić information content (AvgIpc) is 3.22. The van der Waals surface area contributed by atoms with Crippen molar-refractivity contribution in [3.8, 4) is 0 Å². The van der Waals surface area contributed by atoms with Gasteiger partial charge in [-0.25, -0.2) is 12.8 Å². The number of benzene rings is 1. The first-order chi connectivity index (χ1) is 12.8. The summed E-state index contributed by atoms with van der Waals surface area (Å²) in [4.78, 5) is 4.22. The van der Waals surface area contributed by atoms with Gasteiger partial charge >= 0.3 is 0 Å². The van der Waals surface area contributed by atoms with Gasteiger partial charge in [0.15, 0.2) is 15.8 Å². The summed E-state index contributed by atoms with van der Waals surface area (Å²) in [6.07, 6.45) is 7.94. The van der Waals surface area contributed by atoms with Crippen LogP contribution in [-0.2, 0) is 22.1 Å². The van der Waals surface area contributed by atoms with E-state index in [9.17, 15) is 12.8 Å². The molecule has 0 heterocycles. The van der Waals surface area contributed by atoms with Crippen molar-refractivity contribution >= 4 is 15.8 Å². The molecule has 2 N–H and O–H groups in total. The molecule has 7 heteroatoms. The van der Waals surface area contributed by atoms with E-state index in [1.807, 2.05) is 0 Å². The molecule has 0 aliphatic heterocycles. The SMILES string of the molecule is CN=C(NCCC1CC2CCC1C2)NCc1cc(F)ccc1CS(C)(=O)=O. The van der Waals surface area contributed by atoms with E-state index < -0.39 is 9.84 Å². The number of halogens is 1. The highest BCUT2D eigenvalue weighted by Gasteiger charge is 2.38. The maximum Gasteiger partial charge on any atom is 0.191 e. The molecular formula is C20H30FN3O2S. The van der Waals surface area contributed by atoms with Gasteiger partial charge in [0, 0.05) is 26.4 Å². The molecule has 2 bridgehead atoms. The molecule has 0 radical (unpaired) electrons. The third kappa shape index (κ3) is 5.67. The number of nitrogens with zero attached hydrogens (tertiary/aromatic N) is 1. The van der Waals surface area contributed by atoms with Crippen LogP contribution in [0.1, 0.15) is 43.2 Å². The number of guanidine groups is 1. The summed E-state index contributed by atoms with van der Waals surface area (Å²) in [6.45, 7) is 1.20. The van der Waals surface area contributed by atoms with E-state index >= 15 is 0 Å². The number of nitrogens with one attached hydrogen (secondary N) is 2. The van der Waals surface area contributed by atoms with Gasteiger partial charge in [-0.05, 0) is 66.7 Å². The van der Waals surface area contributed by atoms with E-state index in [4.69, 9.17) is 0 Å². The van der Waals surface area contributed by atoms with E-state index in [-0.39, 0.29) is 11.6 Å². The number of fused-ring (bicyclic) bond motifs is 2. The second-order valence-corrected chi connectivity index (χ2v) is 10.2. The predicted octanol–water partition coefficient (Wildman–Crippen LogP) is 2.86. The molecule has 3 atom stereocenters. The van der Waals surface area contributed by atoms with E-state index in [0.29, 0.717) is 23.6 Å². The molecule has 0 aromatic heterocycles. The Morgan fingerprint density at radius 2 is 2.04 bits per heavy atom. The van der Waals surface area contributed by atoms with Crippen LogP contribution in [0.5, 0.6) is 0 Å². The zero-order chi connectivity index (χ0) is 19.4. The first-order valence-electron chi connectivity index (χ1n) is 9.73. The maximum atomic E-state index is 13.6. The van der Waals surface area contributed by atoms with Gasteiger partial charge in [0.2, 0.25) is 0 Å². The van der Waals surface area contributed by atoms with Crippen LogP contribution in [-0.4, -0.2) is 34.2 Å². The summed E-state index contributed by atoms with van der Waals surface area (Å²) >= 11 is 0. The van der Waals surface area contributed by atoms with Gasteiger partial charge in [-0.15, -0.1) is 0 Å². The lowest BCUT2D eigenvalue weighted by Crippen LogP contribution is -2.38. The number of hydrogen-bond acceptors (Lipinski definition) is 3. The minimum Gasteiger partial charge on any atom is -0.356 e. The van der Waals surface area contributed by atoms with Crippen molar-refractivity contribution in [1.29, 1.82) is 0 Å². The van der Waals surface area contributed by atoms with Gasteiger partial charge in [-0.3, -0.25) is 4.99 Å². The molecule has 27 heavy (non-hydrogen) atoms. The molecule has 0 spiro atoms. The molecule has 1 aromatic carbocycles. The van der Waals surface area contributed by atoms with Gasteiger partial charge in [-0.1, -0.05) is 12.5 Å². The normalized spacial score (nSPS) is 25.0. The smallest absolute Gasteiger partial charge is 0.191 e. The van der Waals surface area contributed by atoms with E-state index in [0.717, 1.165) is 30.7 Å². The van der Waals surface area contributed by atoms with Crippen molar-refractivity contribution in [2.45, 2.75) is 44.4 Å². The van der Waals surface area contributed by atoms with Crippen molar-refractivity contribution in [2.24, 2.45) is 22.7 Å². The summed E-state index contributed by atoms with van der Waals surface area (Å²) in [5.41, 5.74) is 1.25. The molecule has 5 nitrogen and oxygen atoms in total. The first-order valence-corrected chi connectivity index (χ1v) is 11.8. The zero-order valence-corrected chi connectivity index (χ0v) is 17.0. The van der Waals surface area contributed by atoms with Crippen LogP contribution in [0.25, 0.3) is 0 Å². The summed E-state index contributed by atoms with van der Waals surface area (Å²) in [7, 11) is -1.48. The summed E-state index contributed by atoms with van der Waals surface area (Å²) in [6, 6.07) is 4.22. The van der Waals surface area contributed by atoms with Gasteiger partial charge in [-0.2, -0.15) is 0 Å². The third-order valence-electron chi connectivity index (χ3n) is 5.95. The Balaban J connectivity index is 1.51. The number of hydrogen-bond donors (Lipinski definition) is 2. The molecule has 2 fully saturated rings. The highest BCUT2D eigenvalue weighted by atomic mass is 32.2. The first kappa shape index (κ1) is 20.1.